The first-order chi connectivity index (χ1) is 17.0. The second-order valence-electron chi connectivity index (χ2n) is 11.7. The van der Waals surface area contributed by atoms with Crippen LogP contribution in [-0.2, 0) is 27.9 Å². The lowest BCUT2D eigenvalue weighted by molar-refractivity contribution is -0.282. The number of hydrogen-bond acceptors (Lipinski definition) is 5. The molecule has 1 unspecified atom stereocenters. The Morgan fingerprint density at radius 1 is 1.09 bits per heavy atom. The van der Waals surface area contributed by atoms with Gasteiger partial charge >= 0.3 is 0 Å². The van der Waals surface area contributed by atoms with Crippen LogP contribution in [0.4, 0.5) is 0 Å². The highest BCUT2D eigenvalue weighted by molar-refractivity contribution is 5.63. The van der Waals surface area contributed by atoms with Crippen LogP contribution in [0.1, 0.15) is 47.9 Å². The molecule has 2 aromatic carbocycles. The van der Waals surface area contributed by atoms with Gasteiger partial charge in [0.25, 0.3) is 0 Å². The SMILES string of the molecule is COc1ccc2c3c1O[C@H]1C4(OC)CC[C@@]5(C[C@@H]4COCc4ccccc4C)[C@@H](C2)N(C)CC[C@]315. The van der Waals surface area contributed by atoms with Gasteiger partial charge < -0.3 is 23.8 Å². The van der Waals surface area contributed by atoms with Crippen LogP contribution in [0.15, 0.2) is 36.4 Å². The topological polar surface area (TPSA) is 40.2 Å². The summed E-state index contributed by atoms with van der Waals surface area (Å²) in [5.74, 6) is 2.17. The quantitative estimate of drug-likeness (QED) is 0.608. The molecule has 6 atom stereocenters. The van der Waals surface area contributed by atoms with E-state index in [1.807, 2.05) is 7.11 Å². The van der Waals surface area contributed by atoms with Gasteiger partial charge in [0.2, 0.25) is 0 Å². The molecule has 4 fully saturated rings. The van der Waals surface area contributed by atoms with Crippen molar-refractivity contribution in [2.75, 3.05) is 34.4 Å². The fourth-order valence-corrected chi connectivity index (χ4v) is 9.26. The number of benzene rings is 2. The number of hydrogen-bond donors (Lipinski definition) is 0. The van der Waals surface area contributed by atoms with Crippen molar-refractivity contribution in [3.05, 3.63) is 58.7 Å². The monoisotopic (exact) mass is 475 g/mol. The Hall–Kier alpha value is -2.08. The third-order valence-corrected chi connectivity index (χ3v) is 10.8. The Labute approximate surface area is 208 Å². The molecule has 4 aliphatic carbocycles. The van der Waals surface area contributed by atoms with Gasteiger partial charge in [-0.1, -0.05) is 30.3 Å². The molecule has 2 spiro atoms. The molecule has 6 aliphatic rings. The number of fused-ring (bicyclic) bond motifs is 2. The normalized spacial score (nSPS) is 38.2. The minimum absolute atomic E-state index is 0.00239. The van der Waals surface area contributed by atoms with Crippen LogP contribution in [0.3, 0.4) is 0 Å². The summed E-state index contributed by atoms with van der Waals surface area (Å²) < 4.78 is 25.9. The van der Waals surface area contributed by atoms with Crippen molar-refractivity contribution in [3.63, 3.8) is 0 Å². The van der Waals surface area contributed by atoms with Gasteiger partial charge in [-0.05, 0) is 75.4 Å². The Balaban J connectivity index is 1.31. The third kappa shape index (κ3) is 2.55. The summed E-state index contributed by atoms with van der Waals surface area (Å²) in [5.41, 5.74) is 5.31. The number of ether oxygens (including phenoxy) is 4. The summed E-state index contributed by atoms with van der Waals surface area (Å²) >= 11 is 0. The highest BCUT2D eigenvalue weighted by Gasteiger charge is 2.80. The second kappa shape index (κ2) is 7.47. The van der Waals surface area contributed by atoms with E-state index in [9.17, 15) is 0 Å². The number of methoxy groups -OCH3 is 2. The fraction of sp³-hybridized carbons (Fsp3) is 0.600. The van der Waals surface area contributed by atoms with Crippen LogP contribution in [0, 0.1) is 18.3 Å². The van der Waals surface area contributed by atoms with Gasteiger partial charge in [-0.25, -0.2) is 0 Å². The summed E-state index contributed by atoms with van der Waals surface area (Å²) in [6, 6.07) is 13.5. The molecule has 0 amide bonds. The van der Waals surface area contributed by atoms with Gasteiger partial charge in [0.1, 0.15) is 11.7 Å². The summed E-state index contributed by atoms with van der Waals surface area (Å²) in [6.45, 7) is 4.62. The molecular formula is C30H37NO4. The van der Waals surface area contributed by atoms with E-state index in [-0.39, 0.29) is 22.5 Å². The van der Waals surface area contributed by atoms with E-state index >= 15 is 0 Å². The van der Waals surface area contributed by atoms with Crippen molar-refractivity contribution in [2.24, 2.45) is 11.3 Å². The number of aryl methyl sites for hydroxylation is 1. The van der Waals surface area contributed by atoms with Crippen molar-refractivity contribution in [3.8, 4) is 11.5 Å². The van der Waals surface area contributed by atoms with Crippen molar-refractivity contribution in [1.82, 2.24) is 4.90 Å². The smallest absolute Gasteiger partial charge is 0.165 e. The lowest BCUT2D eigenvalue weighted by Gasteiger charge is -2.73. The van der Waals surface area contributed by atoms with E-state index in [4.69, 9.17) is 18.9 Å². The van der Waals surface area contributed by atoms with E-state index in [0.29, 0.717) is 25.2 Å². The zero-order valence-electron chi connectivity index (χ0n) is 21.4. The van der Waals surface area contributed by atoms with E-state index in [0.717, 1.165) is 43.7 Å². The molecule has 2 aromatic rings. The first-order valence-corrected chi connectivity index (χ1v) is 13.3. The molecule has 35 heavy (non-hydrogen) atoms. The van der Waals surface area contributed by atoms with Gasteiger partial charge in [-0.2, -0.15) is 0 Å². The first-order valence-electron chi connectivity index (χ1n) is 13.3. The Morgan fingerprint density at radius 2 is 1.94 bits per heavy atom. The molecule has 4 bridgehead atoms. The number of piperidine rings is 1. The average Bonchev–Trinajstić information content (AvgIpc) is 3.24. The summed E-state index contributed by atoms with van der Waals surface area (Å²) in [5, 5.41) is 0. The molecular weight excluding hydrogens is 438 g/mol. The zero-order chi connectivity index (χ0) is 24.0. The molecule has 0 radical (unpaired) electrons. The van der Waals surface area contributed by atoms with Gasteiger partial charge in [0, 0.05) is 35.5 Å². The molecule has 186 valence electrons. The second-order valence-corrected chi connectivity index (χ2v) is 11.7. The first kappa shape index (κ1) is 22.1. The molecule has 2 heterocycles. The lowest BCUT2D eigenvalue weighted by atomic mass is 9.35. The summed E-state index contributed by atoms with van der Waals surface area (Å²) in [7, 11) is 6.01. The minimum atomic E-state index is -0.341. The number of likely N-dealkylation sites (tertiary alicyclic amines) is 1. The largest absolute Gasteiger partial charge is 0.493 e. The molecule has 8 rings (SSSR count). The van der Waals surface area contributed by atoms with Crippen LogP contribution in [-0.4, -0.2) is 57.1 Å². The van der Waals surface area contributed by atoms with Gasteiger partial charge in [-0.3, -0.25) is 0 Å². The molecule has 0 N–H and O–H groups in total. The summed E-state index contributed by atoms with van der Waals surface area (Å²) in [4.78, 5) is 2.64. The number of nitrogens with zero attached hydrogens (tertiary/aromatic N) is 1. The standard InChI is InChI=1S/C30H37NO4/c1-19-7-5-6-8-21(19)17-34-18-22-16-28-11-12-30(22,33-4)27-29(28)13-14-31(2)24(28)15-20-9-10-23(32-3)26(35-27)25(20)29/h5-10,22,24,27H,11-18H2,1-4H3/t22-,24-,27-,28-,29+,30?/m1/s1. The molecule has 2 aliphatic heterocycles. The van der Waals surface area contributed by atoms with Gasteiger partial charge in [0.05, 0.1) is 20.3 Å². The lowest BCUT2D eigenvalue weighted by Crippen LogP contribution is -2.81. The van der Waals surface area contributed by atoms with Gasteiger partial charge in [0.15, 0.2) is 11.5 Å². The van der Waals surface area contributed by atoms with Crippen molar-refractivity contribution < 1.29 is 18.9 Å². The van der Waals surface area contributed by atoms with E-state index in [1.165, 1.54) is 28.7 Å². The van der Waals surface area contributed by atoms with Crippen molar-refractivity contribution >= 4 is 0 Å². The van der Waals surface area contributed by atoms with Crippen LogP contribution in [0.5, 0.6) is 11.5 Å². The highest BCUT2D eigenvalue weighted by atomic mass is 16.6. The van der Waals surface area contributed by atoms with Crippen LogP contribution in [0.2, 0.25) is 0 Å². The van der Waals surface area contributed by atoms with Crippen LogP contribution in [0.25, 0.3) is 0 Å². The number of rotatable bonds is 6. The Kier molecular flexibility index (Phi) is 4.73. The van der Waals surface area contributed by atoms with Crippen LogP contribution >= 0.6 is 0 Å². The van der Waals surface area contributed by atoms with Gasteiger partial charge in [-0.15, -0.1) is 0 Å². The third-order valence-electron chi connectivity index (χ3n) is 10.8. The van der Waals surface area contributed by atoms with E-state index < -0.39 is 0 Å². The maximum Gasteiger partial charge on any atom is 0.165 e. The molecule has 1 saturated heterocycles. The maximum absolute atomic E-state index is 7.05. The van der Waals surface area contributed by atoms with Crippen LogP contribution < -0.4 is 9.47 Å². The fourth-order valence-electron chi connectivity index (χ4n) is 9.26. The maximum atomic E-state index is 7.05. The van der Waals surface area contributed by atoms with E-state index in [1.54, 1.807) is 7.11 Å². The predicted octanol–water partition coefficient (Wildman–Crippen LogP) is 4.66. The number of likely N-dealkylation sites (N-methyl/N-ethyl adjacent to an activating group) is 1. The molecule has 3 saturated carbocycles. The molecule has 0 aromatic heterocycles. The average molecular weight is 476 g/mol. The van der Waals surface area contributed by atoms with Crippen molar-refractivity contribution in [1.29, 1.82) is 0 Å². The minimum Gasteiger partial charge on any atom is -0.493 e. The molecule has 5 nitrogen and oxygen atoms in total. The Bertz CT molecular complexity index is 1180. The van der Waals surface area contributed by atoms with E-state index in [2.05, 4.69) is 55.3 Å². The van der Waals surface area contributed by atoms with Crippen molar-refractivity contribution in [2.45, 2.75) is 68.8 Å². The molecule has 5 heteroatoms. The highest BCUT2D eigenvalue weighted by Crippen LogP contribution is 2.76. The zero-order valence-corrected chi connectivity index (χ0v) is 21.4. The summed E-state index contributed by atoms with van der Waals surface area (Å²) in [6.07, 6.45) is 5.59. The Morgan fingerprint density at radius 3 is 2.74 bits per heavy atom. The predicted molar refractivity (Wildman–Crippen MR) is 134 cm³/mol.